The van der Waals surface area contributed by atoms with Crippen LogP contribution in [-0.2, 0) is 19.9 Å². The van der Waals surface area contributed by atoms with Gasteiger partial charge in [-0.25, -0.2) is 9.67 Å². The number of hydrogen-bond acceptors (Lipinski definition) is 3. The lowest BCUT2D eigenvalue weighted by atomic mass is 10.1. The zero-order valence-corrected chi connectivity index (χ0v) is 17.7. The molecule has 0 radical (unpaired) electrons. The number of rotatable bonds is 5. The molecule has 2 aromatic heterocycles. The highest BCUT2D eigenvalue weighted by Crippen LogP contribution is 2.29. The number of amides is 1. The van der Waals surface area contributed by atoms with Crippen LogP contribution in [0.1, 0.15) is 51.2 Å². The van der Waals surface area contributed by atoms with Crippen LogP contribution in [0.15, 0.2) is 67.0 Å². The molecule has 0 saturated heterocycles. The summed E-state index contributed by atoms with van der Waals surface area (Å²) in [7, 11) is 1.94. The van der Waals surface area contributed by atoms with Crippen molar-refractivity contribution >= 4 is 5.91 Å². The molecule has 0 fully saturated rings. The fourth-order valence-electron chi connectivity index (χ4n) is 4.32. The molecule has 0 saturated carbocycles. The number of imidazole rings is 1. The molecule has 0 aliphatic heterocycles. The van der Waals surface area contributed by atoms with Crippen LogP contribution >= 0.6 is 0 Å². The van der Waals surface area contributed by atoms with E-state index >= 15 is 0 Å². The average molecular weight is 412 g/mol. The first-order valence-electron chi connectivity index (χ1n) is 10.6. The number of benzene rings is 2. The molecular formula is C25H25N5O. The zero-order chi connectivity index (χ0) is 21.4. The molecule has 6 nitrogen and oxygen atoms in total. The van der Waals surface area contributed by atoms with E-state index < -0.39 is 0 Å². The normalized spacial score (nSPS) is 13.7. The Morgan fingerprint density at radius 2 is 1.84 bits per heavy atom. The third-order valence-electron chi connectivity index (χ3n) is 5.95. The molecular weight excluding hydrogens is 386 g/mol. The van der Waals surface area contributed by atoms with Crippen LogP contribution in [0.5, 0.6) is 0 Å². The Bertz CT molecular complexity index is 1220. The number of nitrogens with zero attached hydrogens (tertiary/aromatic N) is 4. The number of hydrogen-bond donors (Lipinski definition) is 1. The third kappa shape index (κ3) is 3.54. The Morgan fingerprint density at radius 3 is 2.55 bits per heavy atom. The van der Waals surface area contributed by atoms with Crippen LogP contribution in [0.25, 0.3) is 5.69 Å². The fourth-order valence-corrected chi connectivity index (χ4v) is 4.32. The van der Waals surface area contributed by atoms with E-state index in [9.17, 15) is 4.79 Å². The van der Waals surface area contributed by atoms with Crippen molar-refractivity contribution in [3.63, 3.8) is 0 Å². The maximum Gasteiger partial charge on any atom is 0.272 e. The highest BCUT2D eigenvalue weighted by atomic mass is 16.2. The number of carbonyl (C=O) groups is 1. The van der Waals surface area contributed by atoms with E-state index in [1.54, 1.807) is 6.20 Å². The van der Waals surface area contributed by atoms with Gasteiger partial charge in [-0.15, -0.1) is 0 Å². The molecule has 4 aromatic rings. The van der Waals surface area contributed by atoms with E-state index in [0.29, 0.717) is 5.69 Å². The number of aromatic nitrogens is 4. The molecule has 6 heteroatoms. The topological polar surface area (TPSA) is 64.7 Å². The summed E-state index contributed by atoms with van der Waals surface area (Å²) in [6.07, 6.45) is 6.50. The molecule has 5 rings (SSSR count). The Balaban J connectivity index is 1.52. The van der Waals surface area contributed by atoms with Crippen molar-refractivity contribution in [3.8, 4) is 5.69 Å². The molecule has 1 aliphatic carbocycles. The van der Waals surface area contributed by atoms with Crippen molar-refractivity contribution in [1.29, 1.82) is 0 Å². The monoisotopic (exact) mass is 411 g/mol. The van der Waals surface area contributed by atoms with Crippen molar-refractivity contribution in [2.75, 3.05) is 0 Å². The smallest absolute Gasteiger partial charge is 0.272 e. The summed E-state index contributed by atoms with van der Waals surface area (Å²) in [6.45, 7) is 2.07. The second-order valence-electron chi connectivity index (χ2n) is 8.09. The molecule has 156 valence electrons. The van der Waals surface area contributed by atoms with Gasteiger partial charge in [0.2, 0.25) is 0 Å². The van der Waals surface area contributed by atoms with Gasteiger partial charge in [-0.05, 0) is 43.9 Å². The highest BCUT2D eigenvalue weighted by molar-refractivity contribution is 5.94. The minimum atomic E-state index is -0.352. The van der Waals surface area contributed by atoms with E-state index in [0.717, 1.165) is 47.6 Å². The van der Waals surface area contributed by atoms with Crippen LogP contribution in [0.4, 0.5) is 0 Å². The van der Waals surface area contributed by atoms with Gasteiger partial charge >= 0.3 is 0 Å². The first-order valence-corrected chi connectivity index (χ1v) is 10.6. The predicted molar refractivity (Wildman–Crippen MR) is 119 cm³/mol. The Labute approximate surface area is 181 Å². The van der Waals surface area contributed by atoms with Crippen molar-refractivity contribution in [3.05, 3.63) is 101 Å². The van der Waals surface area contributed by atoms with Crippen molar-refractivity contribution in [2.24, 2.45) is 7.05 Å². The van der Waals surface area contributed by atoms with E-state index in [1.165, 1.54) is 5.56 Å². The summed E-state index contributed by atoms with van der Waals surface area (Å²) in [5.74, 6) is 0.620. The second kappa shape index (κ2) is 7.87. The van der Waals surface area contributed by atoms with Gasteiger partial charge in [0.25, 0.3) is 5.91 Å². The summed E-state index contributed by atoms with van der Waals surface area (Å²) in [6, 6.07) is 17.8. The van der Waals surface area contributed by atoms with Gasteiger partial charge in [-0.2, -0.15) is 5.10 Å². The highest BCUT2D eigenvalue weighted by Gasteiger charge is 2.29. The summed E-state index contributed by atoms with van der Waals surface area (Å²) < 4.78 is 3.88. The van der Waals surface area contributed by atoms with Gasteiger partial charge in [0, 0.05) is 30.7 Å². The second-order valence-corrected chi connectivity index (χ2v) is 8.09. The predicted octanol–water partition coefficient (Wildman–Crippen LogP) is 3.92. The molecule has 1 N–H and O–H groups in total. The van der Waals surface area contributed by atoms with Gasteiger partial charge in [0.15, 0.2) is 5.69 Å². The van der Waals surface area contributed by atoms with Crippen LogP contribution in [0.3, 0.4) is 0 Å². The maximum atomic E-state index is 13.5. The van der Waals surface area contributed by atoms with Crippen molar-refractivity contribution in [2.45, 2.75) is 32.2 Å². The Kier molecular flexibility index (Phi) is 4.90. The van der Waals surface area contributed by atoms with Gasteiger partial charge in [-0.3, -0.25) is 4.79 Å². The molecule has 0 bridgehead atoms. The SMILES string of the molecule is Cc1ccc(-n2nc(C(=O)NC(c3ccccc3)c3nccn3C)c3c2CCC3)cc1. The summed E-state index contributed by atoms with van der Waals surface area (Å²) >= 11 is 0. The van der Waals surface area contributed by atoms with Crippen LogP contribution < -0.4 is 5.32 Å². The molecule has 2 heterocycles. The molecule has 0 spiro atoms. The van der Waals surface area contributed by atoms with E-state index in [4.69, 9.17) is 5.10 Å². The fraction of sp³-hybridized carbons (Fsp3) is 0.240. The minimum Gasteiger partial charge on any atom is -0.337 e. The maximum absolute atomic E-state index is 13.5. The molecule has 1 unspecified atom stereocenters. The number of nitrogens with one attached hydrogen (secondary N) is 1. The number of aryl methyl sites for hydroxylation is 2. The summed E-state index contributed by atoms with van der Waals surface area (Å²) in [4.78, 5) is 18.0. The molecule has 2 aromatic carbocycles. The van der Waals surface area contributed by atoms with Crippen molar-refractivity contribution < 1.29 is 4.79 Å². The lowest BCUT2D eigenvalue weighted by Gasteiger charge is -2.19. The molecule has 31 heavy (non-hydrogen) atoms. The Hall–Kier alpha value is -3.67. The third-order valence-corrected chi connectivity index (χ3v) is 5.95. The standard InChI is InChI=1S/C25H25N5O/c1-17-11-13-19(14-12-17)30-21-10-6-9-20(21)23(28-30)25(31)27-22(18-7-4-3-5-8-18)24-26-15-16-29(24)2/h3-5,7-8,11-16,22H,6,9-10H2,1-2H3,(H,27,31). The van der Waals surface area contributed by atoms with Gasteiger partial charge in [-0.1, -0.05) is 48.0 Å². The van der Waals surface area contributed by atoms with Crippen LogP contribution in [0.2, 0.25) is 0 Å². The summed E-state index contributed by atoms with van der Waals surface area (Å²) in [5, 5.41) is 7.96. The first-order chi connectivity index (χ1) is 15.1. The lowest BCUT2D eigenvalue weighted by Crippen LogP contribution is -2.32. The Morgan fingerprint density at radius 1 is 1.06 bits per heavy atom. The van der Waals surface area contributed by atoms with Crippen LogP contribution in [-0.4, -0.2) is 25.2 Å². The van der Waals surface area contributed by atoms with Gasteiger partial charge < -0.3 is 9.88 Å². The zero-order valence-electron chi connectivity index (χ0n) is 17.7. The summed E-state index contributed by atoms with van der Waals surface area (Å²) in [5.41, 5.74) is 5.90. The van der Waals surface area contributed by atoms with E-state index in [1.807, 2.05) is 52.8 Å². The molecule has 1 amide bonds. The largest absolute Gasteiger partial charge is 0.337 e. The average Bonchev–Trinajstić information content (AvgIpc) is 3.50. The van der Waals surface area contributed by atoms with E-state index in [2.05, 4.69) is 41.5 Å². The quantitative estimate of drug-likeness (QED) is 0.541. The van der Waals surface area contributed by atoms with Gasteiger partial charge in [0.1, 0.15) is 11.9 Å². The van der Waals surface area contributed by atoms with Crippen LogP contribution in [0, 0.1) is 6.92 Å². The van der Waals surface area contributed by atoms with Gasteiger partial charge in [0.05, 0.1) is 5.69 Å². The molecule has 1 aliphatic rings. The van der Waals surface area contributed by atoms with Crippen molar-refractivity contribution in [1.82, 2.24) is 24.6 Å². The van der Waals surface area contributed by atoms with E-state index in [-0.39, 0.29) is 11.9 Å². The number of carbonyl (C=O) groups excluding carboxylic acids is 1. The first kappa shape index (κ1) is 19.3. The lowest BCUT2D eigenvalue weighted by molar-refractivity contribution is 0.0934. The minimum absolute atomic E-state index is 0.166. The molecule has 1 atom stereocenters. The number of fused-ring (bicyclic) bond motifs is 1.